The molecule has 1 N–H and O–H groups in total. The average molecular weight is 287 g/mol. The highest BCUT2D eigenvalue weighted by Crippen LogP contribution is 2.28. The van der Waals surface area contributed by atoms with E-state index in [0.29, 0.717) is 16.1 Å². The Balaban J connectivity index is 2.21. The molecule has 0 radical (unpaired) electrons. The van der Waals surface area contributed by atoms with Crippen LogP contribution in [0.1, 0.15) is 10.4 Å². The lowest BCUT2D eigenvalue weighted by Gasteiger charge is -2.06. The zero-order valence-corrected chi connectivity index (χ0v) is 11.4. The van der Waals surface area contributed by atoms with Gasteiger partial charge in [-0.1, -0.05) is 23.7 Å². The van der Waals surface area contributed by atoms with E-state index in [-0.39, 0.29) is 0 Å². The van der Waals surface area contributed by atoms with Crippen molar-refractivity contribution in [2.75, 3.05) is 7.11 Å². The third-order valence-corrected chi connectivity index (χ3v) is 3.38. The lowest BCUT2D eigenvalue weighted by molar-refractivity contribution is 0.0603. The number of carbonyl (C=O) groups is 1. The fourth-order valence-electron chi connectivity index (χ4n) is 2.14. The second-order valence-corrected chi connectivity index (χ2v) is 4.79. The van der Waals surface area contributed by atoms with E-state index in [1.807, 2.05) is 30.3 Å². The Morgan fingerprint density at radius 3 is 2.65 bits per heavy atom. The van der Waals surface area contributed by atoms with E-state index in [0.717, 1.165) is 16.5 Å². The van der Waals surface area contributed by atoms with Crippen LogP contribution in [0.5, 0.6) is 0 Å². The van der Waals surface area contributed by atoms with Crippen LogP contribution in [-0.2, 0) is 4.74 Å². The molecule has 0 aliphatic heterocycles. The average Bonchev–Trinajstić information content (AvgIpc) is 2.94. The minimum Gasteiger partial charge on any atom is -0.465 e. The molecule has 3 rings (SSSR count). The molecule has 0 fully saturated rings. The van der Waals surface area contributed by atoms with Gasteiger partial charge in [0.25, 0.3) is 0 Å². The van der Waals surface area contributed by atoms with E-state index in [9.17, 15) is 4.79 Å². The second kappa shape index (κ2) is 4.98. The van der Waals surface area contributed by atoms with Gasteiger partial charge in [-0.2, -0.15) is 5.10 Å². The molecule has 3 aromatic rings. The van der Waals surface area contributed by atoms with Gasteiger partial charge in [-0.05, 0) is 35.4 Å². The van der Waals surface area contributed by atoms with Crippen LogP contribution in [0.15, 0.2) is 42.6 Å². The van der Waals surface area contributed by atoms with Gasteiger partial charge in [0.05, 0.1) is 24.4 Å². The van der Waals surface area contributed by atoms with E-state index in [2.05, 4.69) is 10.2 Å². The van der Waals surface area contributed by atoms with Crippen molar-refractivity contribution in [3.05, 3.63) is 53.2 Å². The molecular weight excluding hydrogens is 276 g/mol. The number of hydrogen-bond donors (Lipinski definition) is 1. The number of rotatable bonds is 2. The number of nitrogens with one attached hydrogen (secondary N) is 1. The molecule has 20 heavy (non-hydrogen) atoms. The maximum Gasteiger partial charge on any atom is 0.340 e. The quantitative estimate of drug-likeness (QED) is 0.731. The number of nitrogens with zero attached hydrogens (tertiary/aromatic N) is 1. The Labute approximate surface area is 120 Å². The van der Waals surface area contributed by atoms with Gasteiger partial charge in [-0.15, -0.1) is 0 Å². The molecule has 4 nitrogen and oxygen atoms in total. The predicted octanol–water partition coefficient (Wildman–Crippen LogP) is 3.67. The van der Waals surface area contributed by atoms with Crippen LogP contribution in [0.4, 0.5) is 0 Å². The molecule has 0 atom stereocenters. The number of halogens is 1. The fourth-order valence-corrected chi connectivity index (χ4v) is 2.26. The second-order valence-electron chi connectivity index (χ2n) is 4.36. The molecule has 0 saturated carbocycles. The van der Waals surface area contributed by atoms with E-state index in [1.165, 1.54) is 7.11 Å². The largest absolute Gasteiger partial charge is 0.465 e. The minimum absolute atomic E-state index is 0.393. The van der Waals surface area contributed by atoms with Crippen molar-refractivity contribution in [2.45, 2.75) is 0 Å². The molecule has 1 aromatic heterocycles. The van der Waals surface area contributed by atoms with Crippen LogP contribution in [-0.4, -0.2) is 23.3 Å². The molecule has 100 valence electrons. The first-order valence-electron chi connectivity index (χ1n) is 6.00. The minimum atomic E-state index is -0.393. The molecule has 0 bridgehead atoms. The van der Waals surface area contributed by atoms with Crippen LogP contribution in [0.25, 0.3) is 22.0 Å². The lowest BCUT2D eigenvalue weighted by Crippen LogP contribution is -2.02. The summed E-state index contributed by atoms with van der Waals surface area (Å²) in [6.45, 7) is 0. The van der Waals surface area contributed by atoms with Gasteiger partial charge in [0.15, 0.2) is 0 Å². The molecule has 1 heterocycles. The Morgan fingerprint density at radius 2 is 1.95 bits per heavy atom. The van der Waals surface area contributed by atoms with Gasteiger partial charge in [0.2, 0.25) is 0 Å². The molecule has 2 aromatic carbocycles. The molecule has 0 unspecified atom stereocenters. The first-order chi connectivity index (χ1) is 9.69. The smallest absolute Gasteiger partial charge is 0.340 e. The monoisotopic (exact) mass is 286 g/mol. The SMILES string of the molecule is COC(=O)c1cc(-c2ccc(Cl)cc2)cc2cn[nH]c12. The summed E-state index contributed by atoms with van der Waals surface area (Å²) in [5, 5.41) is 8.32. The molecule has 0 spiro atoms. The fraction of sp³-hybridized carbons (Fsp3) is 0.0667. The van der Waals surface area contributed by atoms with Crippen molar-refractivity contribution >= 4 is 28.5 Å². The lowest BCUT2D eigenvalue weighted by atomic mass is 10.0. The molecular formula is C15H11ClN2O2. The summed E-state index contributed by atoms with van der Waals surface area (Å²) in [6.07, 6.45) is 1.68. The summed E-state index contributed by atoms with van der Waals surface area (Å²) < 4.78 is 4.82. The number of fused-ring (bicyclic) bond motifs is 1. The van der Waals surface area contributed by atoms with Gasteiger partial charge in [0.1, 0.15) is 0 Å². The highest BCUT2D eigenvalue weighted by atomic mass is 35.5. The number of carbonyl (C=O) groups excluding carboxylic acids is 1. The standard InChI is InChI=1S/C15H11ClN2O2/c1-20-15(19)13-7-10(6-11-8-17-18-14(11)13)9-2-4-12(16)5-3-9/h2-8H,1H3,(H,17,18). The summed E-state index contributed by atoms with van der Waals surface area (Å²) >= 11 is 5.89. The number of esters is 1. The van der Waals surface area contributed by atoms with Crippen LogP contribution < -0.4 is 0 Å². The molecule has 5 heteroatoms. The summed E-state index contributed by atoms with van der Waals surface area (Å²) in [6, 6.07) is 11.2. The number of benzene rings is 2. The van der Waals surface area contributed by atoms with Crippen LogP contribution in [0.2, 0.25) is 5.02 Å². The van der Waals surface area contributed by atoms with Crippen LogP contribution >= 0.6 is 11.6 Å². The Morgan fingerprint density at radius 1 is 1.20 bits per heavy atom. The highest BCUT2D eigenvalue weighted by molar-refractivity contribution is 6.30. The molecule has 0 aliphatic rings. The molecule has 0 saturated heterocycles. The van der Waals surface area contributed by atoms with E-state index in [4.69, 9.17) is 16.3 Å². The topological polar surface area (TPSA) is 55.0 Å². The molecule has 0 amide bonds. The number of ether oxygens (including phenoxy) is 1. The zero-order valence-electron chi connectivity index (χ0n) is 10.7. The normalized spacial score (nSPS) is 10.7. The van der Waals surface area contributed by atoms with Crippen molar-refractivity contribution in [2.24, 2.45) is 0 Å². The zero-order chi connectivity index (χ0) is 14.1. The highest BCUT2D eigenvalue weighted by Gasteiger charge is 2.14. The summed E-state index contributed by atoms with van der Waals surface area (Å²) in [5.74, 6) is -0.393. The van der Waals surface area contributed by atoms with Gasteiger partial charge in [-0.25, -0.2) is 4.79 Å². The number of aromatic nitrogens is 2. The van der Waals surface area contributed by atoms with Gasteiger partial charge < -0.3 is 4.74 Å². The number of aromatic amines is 1. The van der Waals surface area contributed by atoms with Crippen molar-refractivity contribution < 1.29 is 9.53 Å². The Bertz CT molecular complexity index is 778. The van der Waals surface area contributed by atoms with Crippen LogP contribution in [0, 0.1) is 0 Å². The van der Waals surface area contributed by atoms with E-state index in [1.54, 1.807) is 12.3 Å². The summed E-state index contributed by atoms with van der Waals surface area (Å²) in [4.78, 5) is 11.9. The number of hydrogen-bond acceptors (Lipinski definition) is 3. The van der Waals surface area contributed by atoms with Crippen molar-refractivity contribution in [1.29, 1.82) is 0 Å². The predicted molar refractivity (Wildman–Crippen MR) is 77.9 cm³/mol. The first kappa shape index (κ1) is 12.7. The van der Waals surface area contributed by atoms with Crippen molar-refractivity contribution in [1.82, 2.24) is 10.2 Å². The first-order valence-corrected chi connectivity index (χ1v) is 6.38. The number of H-pyrrole nitrogens is 1. The third-order valence-electron chi connectivity index (χ3n) is 3.13. The van der Waals surface area contributed by atoms with E-state index < -0.39 is 5.97 Å². The number of methoxy groups -OCH3 is 1. The molecule has 0 aliphatic carbocycles. The maximum atomic E-state index is 11.9. The van der Waals surface area contributed by atoms with Gasteiger partial charge in [-0.3, -0.25) is 5.10 Å². The van der Waals surface area contributed by atoms with E-state index >= 15 is 0 Å². The van der Waals surface area contributed by atoms with Crippen molar-refractivity contribution in [3.8, 4) is 11.1 Å². The van der Waals surface area contributed by atoms with Crippen molar-refractivity contribution in [3.63, 3.8) is 0 Å². The Hall–Kier alpha value is -2.33. The summed E-state index contributed by atoms with van der Waals surface area (Å²) in [7, 11) is 1.36. The van der Waals surface area contributed by atoms with Crippen LogP contribution in [0.3, 0.4) is 0 Å². The third kappa shape index (κ3) is 2.14. The Kier molecular flexibility index (Phi) is 3.16. The maximum absolute atomic E-state index is 11.9. The van der Waals surface area contributed by atoms with Gasteiger partial charge in [0, 0.05) is 10.4 Å². The van der Waals surface area contributed by atoms with Gasteiger partial charge >= 0.3 is 5.97 Å². The summed E-state index contributed by atoms with van der Waals surface area (Å²) in [5.41, 5.74) is 3.03.